The van der Waals surface area contributed by atoms with Crippen LogP contribution in [0.1, 0.15) is 31.1 Å². The SMILES string of the molecule is COc1ccc(OCCO[Si](C)(C)C(C)(C)C)c(-c2ccc(C(=O)N(C)C)cc2Cl)n1. The van der Waals surface area contributed by atoms with Crippen molar-refractivity contribution in [2.75, 3.05) is 34.4 Å². The number of aromatic nitrogens is 1. The van der Waals surface area contributed by atoms with E-state index >= 15 is 0 Å². The van der Waals surface area contributed by atoms with E-state index in [0.717, 1.165) is 0 Å². The number of ether oxygens (including phenoxy) is 2. The summed E-state index contributed by atoms with van der Waals surface area (Å²) >= 11 is 6.53. The molecule has 1 amide bonds. The minimum Gasteiger partial charge on any atom is -0.489 e. The Morgan fingerprint density at radius 3 is 2.35 bits per heavy atom. The number of carbonyl (C=O) groups excluding carboxylic acids is 1. The Kier molecular flexibility index (Phi) is 8.13. The highest BCUT2D eigenvalue weighted by atomic mass is 35.5. The van der Waals surface area contributed by atoms with E-state index in [2.05, 4.69) is 38.8 Å². The van der Waals surface area contributed by atoms with Gasteiger partial charge in [0, 0.05) is 31.3 Å². The number of rotatable bonds is 8. The van der Waals surface area contributed by atoms with E-state index in [0.29, 0.717) is 46.7 Å². The molecule has 6 nitrogen and oxygen atoms in total. The summed E-state index contributed by atoms with van der Waals surface area (Å²) in [4.78, 5) is 18.3. The molecule has 0 N–H and O–H groups in total. The maximum Gasteiger partial charge on any atom is 0.253 e. The highest BCUT2D eigenvalue weighted by Crippen LogP contribution is 2.37. The smallest absolute Gasteiger partial charge is 0.253 e. The number of methoxy groups -OCH3 is 1. The topological polar surface area (TPSA) is 60.9 Å². The van der Waals surface area contributed by atoms with Crippen LogP contribution in [0.3, 0.4) is 0 Å². The van der Waals surface area contributed by atoms with Gasteiger partial charge in [-0.25, -0.2) is 4.98 Å². The summed E-state index contributed by atoms with van der Waals surface area (Å²) < 4.78 is 17.5. The molecule has 1 aromatic carbocycles. The van der Waals surface area contributed by atoms with Gasteiger partial charge >= 0.3 is 0 Å². The highest BCUT2D eigenvalue weighted by molar-refractivity contribution is 6.74. The normalized spacial score (nSPS) is 11.9. The van der Waals surface area contributed by atoms with Crippen molar-refractivity contribution in [1.29, 1.82) is 0 Å². The van der Waals surface area contributed by atoms with E-state index in [-0.39, 0.29) is 10.9 Å². The van der Waals surface area contributed by atoms with E-state index in [1.807, 2.05) is 6.07 Å². The predicted octanol–water partition coefficient (Wildman–Crippen LogP) is 5.51. The van der Waals surface area contributed by atoms with Crippen molar-refractivity contribution in [1.82, 2.24) is 9.88 Å². The summed E-state index contributed by atoms with van der Waals surface area (Å²) in [6.45, 7) is 11.9. The van der Waals surface area contributed by atoms with Crippen molar-refractivity contribution >= 4 is 25.8 Å². The first-order chi connectivity index (χ1) is 14.4. The Labute approximate surface area is 191 Å². The number of halogens is 1. The Morgan fingerprint density at radius 1 is 1.13 bits per heavy atom. The minimum atomic E-state index is -1.84. The average molecular weight is 465 g/mol. The van der Waals surface area contributed by atoms with Crippen LogP contribution < -0.4 is 9.47 Å². The van der Waals surface area contributed by atoms with Gasteiger partial charge in [0.15, 0.2) is 8.32 Å². The van der Waals surface area contributed by atoms with Gasteiger partial charge in [0.25, 0.3) is 5.91 Å². The average Bonchev–Trinajstić information content (AvgIpc) is 2.69. The number of nitrogens with zero attached hydrogens (tertiary/aromatic N) is 2. The summed E-state index contributed by atoms with van der Waals surface area (Å²) in [6, 6.07) is 8.70. The predicted molar refractivity (Wildman–Crippen MR) is 128 cm³/mol. The molecule has 1 heterocycles. The van der Waals surface area contributed by atoms with E-state index in [4.69, 9.17) is 25.5 Å². The Balaban J connectivity index is 2.25. The number of hydrogen-bond donors (Lipinski definition) is 0. The summed E-state index contributed by atoms with van der Waals surface area (Å²) in [6.07, 6.45) is 0. The van der Waals surface area contributed by atoms with Crippen LogP contribution in [0.2, 0.25) is 23.2 Å². The molecule has 0 saturated carbocycles. The Hall–Kier alpha value is -2.09. The zero-order valence-corrected chi connectivity index (χ0v) is 21.5. The van der Waals surface area contributed by atoms with Crippen LogP contribution >= 0.6 is 11.6 Å². The molecule has 0 saturated heterocycles. The fraction of sp³-hybridized carbons (Fsp3) is 0.478. The van der Waals surface area contributed by atoms with Crippen molar-refractivity contribution in [2.24, 2.45) is 0 Å². The molecule has 2 rings (SSSR count). The van der Waals surface area contributed by atoms with Gasteiger partial charge in [-0.3, -0.25) is 4.79 Å². The van der Waals surface area contributed by atoms with Gasteiger partial charge in [-0.2, -0.15) is 0 Å². The van der Waals surface area contributed by atoms with Crippen LogP contribution in [-0.4, -0.2) is 58.5 Å². The molecule has 0 unspecified atom stereocenters. The lowest BCUT2D eigenvalue weighted by Gasteiger charge is -2.36. The highest BCUT2D eigenvalue weighted by Gasteiger charge is 2.36. The molecule has 170 valence electrons. The summed E-state index contributed by atoms with van der Waals surface area (Å²) in [5.41, 5.74) is 1.73. The molecule has 1 aromatic heterocycles. The zero-order valence-electron chi connectivity index (χ0n) is 19.7. The van der Waals surface area contributed by atoms with Crippen LogP contribution in [0.5, 0.6) is 11.6 Å². The van der Waals surface area contributed by atoms with E-state index in [9.17, 15) is 4.79 Å². The zero-order chi connectivity index (χ0) is 23.4. The van der Waals surface area contributed by atoms with Crippen molar-refractivity contribution in [2.45, 2.75) is 38.9 Å². The fourth-order valence-corrected chi connectivity index (χ4v) is 3.91. The third-order valence-electron chi connectivity index (χ3n) is 5.53. The number of hydrogen-bond acceptors (Lipinski definition) is 5. The van der Waals surface area contributed by atoms with E-state index in [1.165, 1.54) is 4.90 Å². The van der Waals surface area contributed by atoms with Gasteiger partial charge in [0.1, 0.15) is 18.1 Å². The molecule has 0 aliphatic rings. The second-order valence-corrected chi connectivity index (χ2v) is 14.3. The third-order valence-corrected chi connectivity index (χ3v) is 10.4. The molecular weight excluding hydrogens is 432 g/mol. The van der Waals surface area contributed by atoms with Gasteiger partial charge in [-0.1, -0.05) is 38.4 Å². The molecule has 2 aromatic rings. The molecule has 0 atom stereocenters. The quantitative estimate of drug-likeness (QED) is 0.380. The standard InChI is InChI=1S/C23H33ClN2O4Si/c1-23(2,3)31(7,8)30-14-13-29-19-11-12-20(28-6)25-21(19)17-10-9-16(15-18(17)24)22(27)26(4)5/h9-12,15H,13-14H2,1-8H3. The van der Waals surface area contributed by atoms with Crippen molar-refractivity contribution in [3.8, 4) is 22.9 Å². The lowest BCUT2D eigenvalue weighted by Crippen LogP contribution is -2.41. The van der Waals surface area contributed by atoms with E-state index in [1.54, 1.807) is 45.5 Å². The van der Waals surface area contributed by atoms with Crippen LogP contribution in [0.25, 0.3) is 11.3 Å². The fourth-order valence-electron chi connectivity index (χ4n) is 2.61. The van der Waals surface area contributed by atoms with Crippen LogP contribution in [0.4, 0.5) is 0 Å². The molecule has 0 radical (unpaired) electrons. The summed E-state index contributed by atoms with van der Waals surface area (Å²) in [7, 11) is 3.11. The van der Waals surface area contributed by atoms with Crippen molar-refractivity contribution in [3.05, 3.63) is 40.9 Å². The first kappa shape index (κ1) is 25.2. The summed E-state index contributed by atoms with van der Waals surface area (Å²) in [5, 5.41) is 0.551. The van der Waals surface area contributed by atoms with E-state index < -0.39 is 8.32 Å². The molecule has 0 fully saturated rings. The van der Waals surface area contributed by atoms with Gasteiger partial charge in [0.2, 0.25) is 5.88 Å². The molecule has 0 aliphatic heterocycles. The van der Waals surface area contributed by atoms with Crippen molar-refractivity contribution < 1.29 is 18.7 Å². The second kappa shape index (κ2) is 10.0. The van der Waals surface area contributed by atoms with Gasteiger partial charge in [-0.05, 0) is 36.3 Å². The molecule has 0 bridgehead atoms. The number of carbonyl (C=O) groups is 1. The second-order valence-electron chi connectivity index (χ2n) is 9.05. The number of benzene rings is 1. The number of pyridine rings is 1. The molecule has 31 heavy (non-hydrogen) atoms. The van der Waals surface area contributed by atoms with Gasteiger partial charge in [-0.15, -0.1) is 0 Å². The van der Waals surface area contributed by atoms with Crippen molar-refractivity contribution in [3.63, 3.8) is 0 Å². The Morgan fingerprint density at radius 2 is 1.81 bits per heavy atom. The lowest BCUT2D eigenvalue weighted by atomic mass is 10.1. The molecule has 8 heteroatoms. The maximum absolute atomic E-state index is 12.2. The molecular formula is C23H33ClN2O4Si. The number of amides is 1. The monoisotopic (exact) mass is 464 g/mol. The minimum absolute atomic E-state index is 0.119. The first-order valence-electron chi connectivity index (χ1n) is 10.2. The van der Waals surface area contributed by atoms with Crippen LogP contribution in [-0.2, 0) is 4.43 Å². The first-order valence-corrected chi connectivity index (χ1v) is 13.5. The Bertz CT molecular complexity index is 926. The summed E-state index contributed by atoms with van der Waals surface area (Å²) in [5.74, 6) is 0.906. The third kappa shape index (κ3) is 6.21. The van der Waals surface area contributed by atoms with Gasteiger partial charge < -0.3 is 18.8 Å². The maximum atomic E-state index is 12.2. The lowest BCUT2D eigenvalue weighted by molar-refractivity contribution is 0.0827. The largest absolute Gasteiger partial charge is 0.489 e. The molecule has 0 spiro atoms. The van der Waals surface area contributed by atoms with Crippen LogP contribution in [0.15, 0.2) is 30.3 Å². The molecule has 0 aliphatic carbocycles. The van der Waals surface area contributed by atoms with Crippen LogP contribution in [0, 0.1) is 0 Å². The van der Waals surface area contributed by atoms with Gasteiger partial charge in [0.05, 0.1) is 18.7 Å².